The van der Waals surface area contributed by atoms with Crippen molar-refractivity contribution < 1.29 is 32.5 Å². The number of methoxy groups -OCH3 is 1. The number of aliphatic hydroxyl groups excluding tert-OH is 1. The molecule has 0 bridgehead atoms. The molecule has 1 aliphatic rings. The summed E-state index contributed by atoms with van der Waals surface area (Å²) in [6, 6.07) is 10.0. The Morgan fingerprint density at radius 3 is 2.56 bits per heavy atom. The van der Waals surface area contributed by atoms with Gasteiger partial charge in [0.25, 0.3) is 0 Å². The lowest BCUT2D eigenvalue weighted by atomic mass is 10.1. The number of ether oxygens (including phenoxy) is 1. The van der Waals surface area contributed by atoms with Gasteiger partial charge in [-0.2, -0.15) is 13.2 Å². The quantitative estimate of drug-likeness (QED) is 0.282. The third kappa shape index (κ3) is 7.63. The fraction of sp³-hybridized carbons (Fsp3) is 0.458. The molecule has 0 saturated heterocycles. The van der Waals surface area contributed by atoms with E-state index in [2.05, 4.69) is 15.0 Å². The number of anilines is 1. The van der Waals surface area contributed by atoms with Gasteiger partial charge in [-0.15, -0.1) is 0 Å². The zero-order valence-electron chi connectivity index (χ0n) is 19.2. The van der Waals surface area contributed by atoms with E-state index in [1.165, 1.54) is 19.2 Å². The van der Waals surface area contributed by atoms with Crippen molar-refractivity contribution in [2.75, 3.05) is 19.0 Å². The van der Waals surface area contributed by atoms with E-state index in [1.807, 2.05) is 6.07 Å². The maximum absolute atomic E-state index is 12.6. The number of aliphatic hydroxyl groups is 2. The number of hydrogen-bond donors (Lipinski definition) is 3. The molecule has 34 heavy (non-hydrogen) atoms. The van der Waals surface area contributed by atoms with E-state index in [9.17, 15) is 18.3 Å². The minimum Gasteiger partial charge on any atom is -0.452 e. The third-order valence-electron chi connectivity index (χ3n) is 5.42. The van der Waals surface area contributed by atoms with Crippen LogP contribution >= 0.6 is 11.8 Å². The fourth-order valence-corrected chi connectivity index (χ4v) is 4.23. The Hall–Kier alpha value is -2.27. The van der Waals surface area contributed by atoms with Gasteiger partial charge in [-0.25, -0.2) is 0 Å². The molecule has 1 aliphatic carbocycles. The molecule has 0 spiro atoms. The number of halogens is 3. The Bertz CT molecular complexity index is 1080. The minimum atomic E-state index is -4.33. The largest absolute Gasteiger partial charge is 0.452 e. The van der Waals surface area contributed by atoms with Crippen LogP contribution in [0.5, 0.6) is 0 Å². The van der Waals surface area contributed by atoms with Crippen LogP contribution in [-0.4, -0.2) is 46.3 Å². The number of aromatic nitrogens is 1. The van der Waals surface area contributed by atoms with E-state index in [1.54, 1.807) is 38.2 Å². The van der Waals surface area contributed by atoms with Crippen molar-refractivity contribution in [2.24, 2.45) is 5.92 Å². The average Bonchev–Trinajstić information content (AvgIpc) is 3.40. The smallest absolute Gasteiger partial charge is 0.446 e. The van der Waals surface area contributed by atoms with Gasteiger partial charge in [-0.05, 0) is 69.0 Å². The van der Waals surface area contributed by atoms with Gasteiger partial charge in [0, 0.05) is 42.5 Å². The summed E-state index contributed by atoms with van der Waals surface area (Å²) in [5, 5.41) is 21.4. The Morgan fingerprint density at radius 1 is 1.21 bits per heavy atom. The van der Waals surface area contributed by atoms with Gasteiger partial charge >= 0.3 is 5.51 Å². The molecule has 1 saturated carbocycles. The monoisotopic (exact) mass is 498 g/mol. The topological polar surface area (TPSA) is 87.8 Å². The van der Waals surface area contributed by atoms with Crippen LogP contribution in [0.25, 0.3) is 22.4 Å². The molecular weight excluding hydrogens is 469 g/mol. The first kappa shape index (κ1) is 26.3. The van der Waals surface area contributed by atoms with E-state index < -0.39 is 11.3 Å². The summed E-state index contributed by atoms with van der Waals surface area (Å²) in [6.07, 6.45) is 4.53. The Labute approximate surface area is 200 Å². The van der Waals surface area contributed by atoms with E-state index >= 15 is 0 Å². The highest BCUT2D eigenvalue weighted by Crippen LogP contribution is 2.39. The second kappa shape index (κ2) is 11.0. The maximum atomic E-state index is 12.6. The molecule has 3 aromatic rings. The van der Waals surface area contributed by atoms with Crippen LogP contribution in [0, 0.1) is 5.92 Å². The van der Waals surface area contributed by atoms with Crippen LogP contribution in [-0.2, 0) is 4.74 Å². The highest BCUT2D eigenvalue weighted by atomic mass is 32.2. The van der Waals surface area contributed by atoms with Crippen molar-refractivity contribution in [1.29, 1.82) is 0 Å². The number of hydrogen-bond acceptors (Lipinski definition) is 7. The summed E-state index contributed by atoms with van der Waals surface area (Å²) in [5.41, 5.74) is -1.73. The van der Waals surface area contributed by atoms with E-state index in [0.717, 1.165) is 24.9 Å². The summed E-state index contributed by atoms with van der Waals surface area (Å²) >= 11 is -0.147. The number of benzene rings is 1. The fourth-order valence-electron chi connectivity index (χ4n) is 3.63. The number of alkyl halides is 3. The standard InChI is InChI=1S/C20H19F3N2O2S.C4H10O2/c21-20(22,23)28-15-3-1-2-13(9-15)18-10-17-19(27-18)16(6-7-24-17)25-14-5-4-12(8-14)11-26;1-4(2,5)6-3/h1-3,6-7,9-10,12,14,26H,4-5,8,11H2,(H,24,25);5H,1-3H3. The normalized spacial score (nSPS) is 18.6. The van der Waals surface area contributed by atoms with Crippen LogP contribution in [0.4, 0.5) is 18.9 Å². The third-order valence-corrected chi connectivity index (χ3v) is 6.14. The minimum absolute atomic E-state index is 0.109. The lowest BCUT2D eigenvalue weighted by molar-refractivity contribution is -0.155. The van der Waals surface area contributed by atoms with Crippen molar-refractivity contribution in [3.63, 3.8) is 0 Å². The zero-order valence-corrected chi connectivity index (χ0v) is 20.0. The van der Waals surface area contributed by atoms with Crippen LogP contribution in [0.2, 0.25) is 0 Å². The Morgan fingerprint density at radius 2 is 1.94 bits per heavy atom. The second-order valence-corrected chi connectivity index (χ2v) is 9.75. The molecule has 4 rings (SSSR count). The van der Waals surface area contributed by atoms with Crippen molar-refractivity contribution in [3.05, 3.63) is 42.6 Å². The molecule has 0 amide bonds. The van der Waals surface area contributed by atoms with Gasteiger partial charge in [0.15, 0.2) is 11.4 Å². The van der Waals surface area contributed by atoms with Crippen molar-refractivity contribution in [3.8, 4) is 11.3 Å². The molecule has 10 heteroatoms. The SMILES string of the molecule is COC(C)(C)O.OCC1CCC(Nc2ccnc3cc(-c4cccc(SC(F)(F)F)c4)oc23)C1. The number of furan rings is 1. The predicted octanol–water partition coefficient (Wildman–Crippen LogP) is 6.04. The number of pyridine rings is 1. The molecule has 2 atom stereocenters. The first-order valence-electron chi connectivity index (χ1n) is 10.9. The lowest BCUT2D eigenvalue weighted by Gasteiger charge is -2.14. The summed E-state index contributed by atoms with van der Waals surface area (Å²) in [5.74, 6) is -0.170. The number of nitrogens with one attached hydrogen (secondary N) is 1. The van der Waals surface area contributed by atoms with Gasteiger partial charge in [0.2, 0.25) is 0 Å². The molecule has 0 radical (unpaired) electrons. The van der Waals surface area contributed by atoms with E-state index in [4.69, 9.17) is 9.52 Å². The van der Waals surface area contributed by atoms with Gasteiger partial charge in [-0.1, -0.05) is 12.1 Å². The second-order valence-electron chi connectivity index (χ2n) is 8.61. The van der Waals surface area contributed by atoms with Gasteiger partial charge in [0.05, 0.1) is 5.69 Å². The maximum Gasteiger partial charge on any atom is 0.446 e. The molecular formula is C24H29F3N2O4S. The molecule has 1 fully saturated rings. The van der Waals surface area contributed by atoms with E-state index in [0.29, 0.717) is 28.3 Å². The number of thioether (sulfide) groups is 1. The molecule has 186 valence electrons. The number of fused-ring (bicyclic) bond motifs is 1. The molecule has 2 unspecified atom stereocenters. The average molecular weight is 499 g/mol. The van der Waals surface area contributed by atoms with Gasteiger partial charge < -0.3 is 24.7 Å². The highest BCUT2D eigenvalue weighted by molar-refractivity contribution is 8.00. The van der Waals surface area contributed by atoms with Crippen LogP contribution < -0.4 is 5.32 Å². The number of nitrogens with zero attached hydrogens (tertiary/aromatic N) is 1. The summed E-state index contributed by atoms with van der Waals surface area (Å²) in [4.78, 5) is 4.43. The molecule has 2 heterocycles. The Kier molecular flexibility index (Phi) is 8.51. The lowest BCUT2D eigenvalue weighted by Crippen LogP contribution is -2.20. The molecule has 6 nitrogen and oxygen atoms in total. The summed E-state index contributed by atoms with van der Waals surface area (Å²) in [7, 11) is 1.46. The first-order valence-corrected chi connectivity index (χ1v) is 11.7. The van der Waals surface area contributed by atoms with Crippen LogP contribution in [0.3, 0.4) is 0 Å². The van der Waals surface area contributed by atoms with Crippen molar-refractivity contribution in [2.45, 2.75) is 55.3 Å². The van der Waals surface area contributed by atoms with Crippen LogP contribution in [0.1, 0.15) is 33.1 Å². The molecule has 3 N–H and O–H groups in total. The van der Waals surface area contributed by atoms with Gasteiger partial charge in [0.1, 0.15) is 11.3 Å². The molecule has 2 aromatic heterocycles. The van der Waals surface area contributed by atoms with E-state index in [-0.39, 0.29) is 29.3 Å². The molecule has 0 aliphatic heterocycles. The van der Waals surface area contributed by atoms with Crippen molar-refractivity contribution in [1.82, 2.24) is 4.98 Å². The van der Waals surface area contributed by atoms with Gasteiger partial charge in [-0.3, -0.25) is 4.98 Å². The predicted molar refractivity (Wildman–Crippen MR) is 127 cm³/mol. The molecule has 1 aromatic carbocycles. The summed E-state index contributed by atoms with van der Waals surface area (Å²) < 4.78 is 48.4. The number of rotatable bonds is 6. The summed E-state index contributed by atoms with van der Waals surface area (Å²) in [6.45, 7) is 3.35. The van der Waals surface area contributed by atoms with Crippen LogP contribution in [0.15, 0.2) is 51.9 Å². The van der Waals surface area contributed by atoms with Crippen molar-refractivity contribution >= 4 is 28.5 Å². The Balaban J connectivity index is 0.000000481. The first-order chi connectivity index (χ1) is 16.0. The highest BCUT2D eigenvalue weighted by Gasteiger charge is 2.29. The zero-order chi connectivity index (χ0) is 24.9.